The molecule has 0 saturated carbocycles. The minimum atomic E-state index is -0.324. The average Bonchev–Trinajstić information content (AvgIpc) is 2.35. The number of hydrogen-bond donors (Lipinski definition) is 1. The lowest BCUT2D eigenvalue weighted by molar-refractivity contribution is 0.125. The fraction of sp³-hybridized carbons (Fsp3) is 0.688. The molecule has 0 aliphatic rings. The number of pyridine rings is 1. The summed E-state index contributed by atoms with van der Waals surface area (Å²) in [6, 6.07) is 3.78. The Hall–Kier alpha value is -1.49. The van der Waals surface area contributed by atoms with E-state index in [1.54, 1.807) is 7.11 Å². The molecule has 1 rings (SSSR count). The van der Waals surface area contributed by atoms with E-state index in [1.165, 1.54) is 0 Å². The number of hydrogen-bond acceptors (Lipinski definition) is 5. The van der Waals surface area contributed by atoms with Crippen LogP contribution in [0, 0.1) is 5.92 Å². The molecule has 0 spiro atoms. The topological polar surface area (TPSA) is 60.6 Å². The number of anilines is 2. The molecule has 0 fully saturated rings. The lowest BCUT2D eigenvalue weighted by Gasteiger charge is -2.27. The molecule has 21 heavy (non-hydrogen) atoms. The fourth-order valence-electron chi connectivity index (χ4n) is 1.93. The van der Waals surface area contributed by atoms with Crippen molar-refractivity contribution in [3.8, 4) is 5.88 Å². The lowest BCUT2D eigenvalue weighted by Crippen LogP contribution is -2.32. The number of methoxy groups -OCH3 is 1. The Morgan fingerprint density at radius 3 is 2.48 bits per heavy atom. The summed E-state index contributed by atoms with van der Waals surface area (Å²) in [4.78, 5) is 6.78. The summed E-state index contributed by atoms with van der Waals surface area (Å²) in [5.41, 5.74) is 6.20. The van der Waals surface area contributed by atoms with Gasteiger partial charge in [-0.3, -0.25) is 0 Å². The van der Waals surface area contributed by atoms with Gasteiger partial charge in [-0.2, -0.15) is 4.98 Å². The van der Waals surface area contributed by atoms with Gasteiger partial charge in [-0.15, -0.1) is 0 Å². The molecule has 1 heterocycles. The summed E-state index contributed by atoms with van der Waals surface area (Å²) in [6.45, 7) is 12.7. The highest BCUT2D eigenvalue weighted by Gasteiger charge is 2.17. The number of rotatable bonds is 7. The molecule has 0 radical (unpaired) electrons. The first-order valence-corrected chi connectivity index (χ1v) is 7.42. The van der Waals surface area contributed by atoms with Gasteiger partial charge in [0.15, 0.2) is 0 Å². The van der Waals surface area contributed by atoms with Crippen molar-refractivity contribution in [2.45, 2.75) is 40.2 Å². The molecule has 0 saturated heterocycles. The zero-order chi connectivity index (χ0) is 16.0. The van der Waals surface area contributed by atoms with Gasteiger partial charge in [0.25, 0.3) is 0 Å². The highest BCUT2D eigenvalue weighted by Crippen LogP contribution is 2.26. The number of nitrogens with two attached hydrogens (primary N) is 1. The Morgan fingerprint density at radius 1 is 1.29 bits per heavy atom. The van der Waals surface area contributed by atoms with Gasteiger partial charge in [-0.1, -0.05) is 13.8 Å². The van der Waals surface area contributed by atoms with Gasteiger partial charge in [0.05, 0.1) is 12.3 Å². The maximum Gasteiger partial charge on any atom is 0.239 e. The van der Waals surface area contributed by atoms with Crippen LogP contribution in [0.3, 0.4) is 0 Å². The van der Waals surface area contributed by atoms with Gasteiger partial charge >= 0.3 is 0 Å². The zero-order valence-electron chi connectivity index (χ0n) is 14.1. The number of ether oxygens (including phenoxy) is 2. The van der Waals surface area contributed by atoms with Crippen molar-refractivity contribution in [2.24, 2.45) is 5.92 Å². The van der Waals surface area contributed by atoms with Crippen molar-refractivity contribution in [1.29, 1.82) is 0 Å². The Bertz CT molecular complexity index is 442. The van der Waals surface area contributed by atoms with Crippen LogP contribution in [0.1, 0.15) is 34.6 Å². The maximum atomic E-state index is 5.97. The van der Waals surface area contributed by atoms with Crippen molar-refractivity contribution in [1.82, 2.24) is 4.98 Å². The number of nitrogen functional groups attached to an aromatic ring is 1. The average molecular weight is 295 g/mol. The van der Waals surface area contributed by atoms with Crippen LogP contribution in [0.2, 0.25) is 0 Å². The van der Waals surface area contributed by atoms with E-state index in [1.807, 2.05) is 32.9 Å². The Morgan fingerprint density at radius 2 is 1.95 bits per heavy atom. The quantitative estimate of drug-likeness (QED) is 0.838. The molecule has 1 aromatic heterocycles. The first-order valence-electron chi connectivity index (χ1n) is 7.42. The molecule has 5 heteroatoms. The third-order valence-electron chi connectivity index (χ3n) is 2.75. The van der Waals surface area contributed by atoms with E-state index in [0.29, 0.717) is 24.1 Å². The van der Waals surface area contributed by atoms with Crippen LogP contribution in [-0.2, 0) is 4.74 Å². The molecule has 0 unspecified atom stereocenters. The van der Waals surface area contributed by atoms with Gasteiger partial charge in [0.1, 0.15) is 11.4 Å². The standard InChI is InChI=1S/C16H29N3O2/c1-12(2)11-19(9-10-20-6)14-8-7-13(17)15(18-14)21-16(3,4)5/h7-8,12H,9-11,17H2,1-6H3. The summed E-state index contributed by atoms with van der Waals surface area (Å²) in [7, 11) is 1.71. The minimum Gasteiger partial charge on any atom is -0.470 e. The second kappa shape index (κ2) is 7.50. The van der Waals surface area contributed by atoms with E-state index in [0.717, 1.165) is 18.9 Å². The number of nitrogens with zero attached hydrogens (tertiary/aromatic N) is 2. The van der Waals surface area contributed by atoms with E-state index >= 15 is 0 Å². The van der Waals surface area contributed by atoms with Gasteiger partial charge in [-0.25, -0.2) is 0 Å². The zero-order valence-corrected chi connectivity index (χ0v) is 14.1. The van der Waals surface area contributed by atoms with E-state index in [9.17, 15) is 0 Å². The van der Waals surface area contributed by atoms with Crippen LogP contribution in [-0.4, -0.2) is 37.4 Å². The van der Waals surface area contributed by atoms with E-state index in [4.69, 9.17) is 15.2 Å². The third-order valence-corrected chi connectivity index (χ3v) is 2.75. The van der Waals surface area contributed by atoms with Crippen molar-refractivity contribution >= 4 is 11.5 Å². The molecule has 0 aliphatic heterocycles. The number of aromatic nitrogens is 1. The largest absolute Gasteiger partial charge is 0.470 e. The third kappa shape index (κ3) is 6.21. The van der Waals surface area contributed by atoms with E-state index in [-0.39, 0.29) is 5.60 Å². The van der Waals surface area contributed by atoms with Gasteiger partial charge < -0.3 is 20.1 Å². The van der Waals surface area contributed by atoms with E-state index < -0.39 is 0 Å². The van der Waals surface area contributed by atoms with Crippen LogP contribution in [0.25, 0.3) is 0 Å². The van der Waals surface area contributed by atoms with Gasteiger partial charge in [0.2, 0.25) is 5.88 Å². The highest BCUT2D eigenvalue weighted by molar-refractivity contribution is 5.54. The lowest BCUT2D eigenvalue weighted by atomic mass is 10.2. The van der Waals surface area contributed by atoms with Crippen molar-refractivity contribution in [3.63, 3.8) is 0 Å². The fourth-order valence-corrected chi connectivity index (χ4v) is 1.93. The van der Waals surface area contributed by atoms with Crippen LogP contribution >= 0.6 is 0 Å². The van der Waals surface area contributed by atoms with Crippen LogP contribution in [0.5, 0.6) is 5.88 Å². The first-order chi connectivity index (χ1) is 9.73. The van der Waals surface area contributed by atoms with E-state index in [2.05, 4.69) is 23.7 Å². The summed E-state index contributed by atoms with van der Waals surface area (Å²) < 4.78 is 11.0. The first kappa shape index (κ1) is 17.6. The Balaban J connectivity index is 2.99. The van der Waals surface area contributed by atoms with Gasteiger partial charge in [0, 0.05) is 20.2 Å². The molecule has 2 N–H and O–H groups in total. The molecular formula is C16H29N3O2. The highest BCUT2D eigenvalue weighted by atomic mass is 16.5. The molecule has 120 valence electrons. The summed E-state index contributed by atoms with van der Waals surface area (Å²) in [5.74, 6) is 1.90. The van der Waals surface area contributed by atoms with Crippen LogP contribution in [0.15, 0.2) is 12.1 Å². The molecule has 1 aromatic rings. The van der Waals surface area contributed by atoms with Crippen molar-refractivity contribution in [2.75, 3.05) is 37.4 Å². The van der Waals surface area contributed by atoms with Crippen molar-refractivity contribution in [3.05, 3.63) is 12.1 Å². The maximum absolute atomic E-state index is 5.97. The predicted molar refractivity (Wildman–Crippen MR) is 88.0 cm³/mol. The summed E-state index contributed by atoms with van der Waals surface area (Å²) >= 11 is 0. The molecule has 0 aromatic carbocycles. The van der Waals surface area contributed by atoms with Gasteiger partial charge in [-0.05, 0) is 38.8 Å². The second-order valence-electron chi connectivity index (χ2n) is 6.61. The summed E-state index contributed by atoms with van der Waals surface area (Å²) in [5, 5.41) is 0. The Labute approximate surface area is 128 Å². The smallest absolute Gasteiger partial charge is 0.239 e. The molecule has 0 aliphatic carbocycles. The van der Waals surface area contributed by atoms with Crippen molar-refractivity contribution < 1.29 is 9.47 Å². The monoisotopic (exact) mass is 295 g/mol. The summed E-state index contributed by atoms with van der Waals surface area (Å²) in [6.07, 6.45) is 0. The SMILES string of the molecule is COCCN(CC(C)C)c1ccc(N)c(OC(C)(C)C)n1. The normalized spacial score (nSPS) is 11.8. The van der Waals surface area contributed by atoms with Crippen LogP contribution < -0.4 is 15.4 Å². The molecule has 0 bridgehead atoms. The minimum absolute atomic E-state index is 0.324. The predicted octanol–water partition coefficient (Wildman–Crippen LogP) is 2.95. The molecular weight excluding hydrogens is 266 g/mol. The molecule has 0 amide bonds. The second-order valence-corrected chi connectivity index (χ2v) is 6.61. The molecule has 0 atom stereocenters. The Kier molecular flexibility index (Phi) is 6.27. The molecule has 5 nitrogen and oxygen atoms in total. The van der Waals surface area contributed by atoms with Crippen LogP contribution in [0.4, 0.5) is 11.5 Å².